The Hall–Kier alpha value is -2.69. The molecule has 0 unspecified atom stereocenters. The number of ether oxygens (including phenoxy) is 1. The molecular weight excluding hydrogens is 314 g/mol. The van der Waals surface area contributed by atoms with Crippen molar-refractivity contribution in [1.82, 2.24) is 4.90 Å². The molecule has 1 heterocycles. The third kappa shape index (κ3) is 4.05. The normalized spacial score (nSPS) is 14.4. The van der Waals surface area contributed by atoms with Gasteiger partial charge in [0.15, 0.2) is 0 Å². The van der Waals surface area contributed by atoms with Gasteiger partial charge < -0.3 is 19.9 Å². The number of urea groups is 1. The van der Waals surface area contributed by atoms with Gasteiger partial charge in [0.05, 0.1) is 12.8 Å². The molecule has 0 aromatic heterocycles. The fourth-order valence-electron chi connectivity index (χ4n) is 3.04. The Morgan fingerprint density at radius 1 is 0.960 bits per heavy atom. The molecule has 1 saturated heterocycles. The predicted octanol–water partition coefficient (Wildman–Crippen LogP) is 3.67. The van der Waals surface area contributed by atoms with Crippen LogP contribution in [0.1, 0.15) is 11.1 Å². The molecule has 1 aliphatic heterocycles. The van der Waals surface area contributed by atoms with E-state index in [-0.39, 0.29) is 6.03 Å². The summed E-state index contributed by atoms with van der Waals surface area (Å²) >= 11 is 0. The molecule has 2 aromatic rings. The number of rotatable bonds is 3. The first-order valence-electron chi connectivity index (χ1n) is 8.59. The molecule has 0 atom stereocenters. The number of hydrogen-bond donors (Lipinski definition) is 1. The van der Waals surface area contributed by atoms with Crippen LogP contribution in [-0.2, 0) is 0 Å². The fraction of sp³-hybridized carbons (Fsp3) is 0.350. The summed E-state index contributed by atoms with van der Waals surface area (Å²) in [7, 11) is 1.69. The Labute approximate surface area is 149 Å². The summed E-state index contributed by atoms with van der Waals surface area (Å²) in [6, 6.07) is 14.0. The van der Waals surface area contributed by atoms with Crippen LogP contribution in [0.5, 0.6) is 5.75 Å². The molecule has 1 aliphatic rings. The van der Waals surface area contributed by atoms with Crippen molar-refractivity contribution >= 4 is 17.4 Å². The molecule has 0 spiro atoms. The van der Waals surface area contributed by atoms with E-state index in [9.17, 15) is 4.79 Å². The number of carbonyl (C=O) groups excluding carboxylic acids is 1. The van der Waals surface area contributed by atoms with E-state index in [1.807, 2.05) is 48.2 Å². The van der Waals surface area contributed by atoms with E-state index in [0.29, 0.717) is 13.1 Å². The number of methoxy groups -OCH3 is 1. The molecule has 1 N–H and O–H groups in total. The van der Waals surface area contributed by atoms with Crippen molar-refractivity contribution in [2.75, 3.05) is 43.5 Å². The van der Waals surface area contributed by atoms with Gasteiger partial charge in [0.25, 0.3) is 0 Å². The molecule has 0 bridgehead atoms. The molecule has 25 heavy (non-hydrogen) atoms. The summed E-state index contributed by atoms with van der Waals surface area (Å²) in [5.74, 6) is 0.878. The van der Waals surface area contributed by atoms with Crippen molar-refractivity contribution in [3.05, 3.63) is 53.6 Å². The summed E-state index contributed by atoms with van der Waals surface area (Å²) in [6.45, 7) is 7.07. The standard InChI is InChI=1S/C20H25N3O2/c1-15-4-7-17(8-5-15)21-20(24)23-12-10-22(11-13-23)18-14-16(2)6-9-19(18)25-3/h4-9,14H,10-13H2,1-3H3,(H,21,24). The van der Waals surface area contributed by atoms with Crippen LogP contribution in [0.2, 0.25) is 0 Å². The number of benzene rings is 2. The number of carbonyl (C=O) groups is 1. The smallest absolute Gasteiger partial charge is 0.321 e. The first-order valence-corrected chi connectivity index (χ1v) is 8.59. The number of amides is 2. The zero-order valence-corrected chi connectivity index (χ0v) is 15.1. The lowest BCUT2D eigenvalue weighted by molar-refractivity contribution is 0.208. The SMILES string of the molecule is COc1ccc(C)cc1N1CCN(C(=O)Nc2ccc(C)cc2)CC1. The van der Waals surface area contributed by atoms with Gasteiger partial charge in [0.2, 0.25) is 0 Å². The lowest BCUT2D eigenvalue weighted by Gasteiger charge is -2.36. The second kappa shape index (κ2) is 7.47. The van der Waals surface area contributed by atoms with Crippen molar-refractivity contribution < 1.29 is 9.53 Å². The van der Waals surface area contributed by atoms with E-state index in [2.05, 4.69) is 23.2 Å². The number of nitrogens with zero attached hydrogens (tertiary/aromatic N) is 2. The molecule has 1 fully saturated rings. The van der Waals surface area contributed by atoms with E-state index < -0.39 is 0 Å². The second-order valence-corrected chi connectivity index (χ2v) is 6.45. The third-order valence-corrected chi connectivity index (χ3v) is 4.54. The largest absolute Gasteiger partial charge is 0.495 e. The molecule has 5 nitrogen and oxygen atoms in total. The molecule has 0 aliphatic carbocycles. The van der Waals surface area contributed by atoms with Crippen LogP contribution >= 0.6 is 0 Å². The van der Waals surface area contributed by atoms with Gasteiger partial charge in [0, 0.05) is 31.9 Å². The summed E-state index contributed by atoms with van der Waals surface area (Å²) in [4.78, 5) is 16.6. The molecular formula is C20H25N3O2. The minimum absolute atomic E-state index is 0.0419. The minimum atomic E-state index is -0.0419. The molecule has 0 radical (unpaired) electrons. The van der Waals surface area contributed by atoms with Crippen molar-refractivity contribution in [3.63, 3.8) is 0 Å². The van der Waals surface area contributed by atoms with Gasteiger partial charge in [-0.15, -0.1) is 0 Å². The van der Waals surface area contributed by atoms with Gasteiger partial charge in [-0.1, -0.05) is 23.8 Å². The van der Waals surface area contributed by atoms with E-state index in [1.165, 1.54) is 11.1 Å². The maximum Gasteiger partial charge on any atom is 0.321 e. The Balaban J connectivity index is 1.61. The number of anilines is 2. The van der Waals surface area contributed by atoms with Crippen LogP contribution in [0.4, 0.5) is 16.2 Å². The van der Waals surface area contributed by atoms with Crippen LogP contribution < -0.4 is 15.0 Å². The van der Waals surface area contributed by atoms with Crippen LogP contribution in [0.3, 0.4) is 0 Å². The highest BCUT2D eigenvalue weighted by Crippen LogP contribution is 2.30. The highest BCUT2D eigenvalue weighted by Gasteiger charge is 2.23. The van der Waals surface area contributed by atoms with E-state index >= 15 is 0 Å². The van der Waals surface area contributed by atoms with Crippen molar-refractivity contribution in [2.45, 2.75) is 13.8 Å². The lowest BCUT2D eigenvalue weighted by atomic mass is 10.1. The van der Waals surface area contributed by atoms with Gasteiger partial charge in [0.1, 0.15) is 5.75 Å². The Morgan fingerprint density at radius 2 is 1.60 bits per heavy atom. The number of aryl methyl sites for hydroxylation is 2. The van der Waals surface area contributed by atoms with Gasteiger partial charge in [-0.05, 0) is 43.7 Å². The van der Waals surface area contributed by atoms with Crippen LogP contribution in [0, 0.1) is 13.8 Å². The quantitative estimate of drug-likeness (QED) is 0.928. The van der Waals surface area contributed by atoms with Crippen molar-refractivity contribution in [3.8, 4) is 5.75 Å². The lowest BCUT2D eigenvalue weighted by Crippen LogP contribution is -2.50. The van der Waals surface area contributed by atoms with Crippen LogP contribution in [0.15, 0.2) is 42.5 Å². The average molecular weight is 339 g/mol. The fourth-order valence-corrected chi connectivity index (χ4v) is 3.04. The van der Waals surface area contributed by atoms with Crippen molar-refractivity contribution in [1.29, 1.82) is 0 Å². The molecule has 5 heteroatoms. The van der Waals surface area contributed by atoms with Crippen LogP contribution in [-0.4, -0.2) is 44.2 Å². The summed E-state index contributed by atoms with van der Waals surface area (Å²) in [5, 5.41) is 2.97. The van der Waals surface area contributed by atoms with Gasteiger partial charge in [-0.3, -0.25) is 0 Å². The van der Waals surface area contributed by atoms with E-state index in [4.69, 9.17) is 4.74 Å². The first kappa shape index (κ1) is 17.1. The number of nitrogens with one attached hydrogen (secondary N) is 1. The van der Waals surface area contributed by atoms with E-state index in [0.717, 1.165) is 30.2 Å². The molecule has 0 saturated carbocycles. The highest BCUT2D eigenvalue weighted by atomic mass is 16.5. The number of hydrogen-bond acceptors (Lipinski definition) is 3. The second-order valence-electron chi connectivity index (χ2n) is 6.45. The zero-order valence-electron chi connectivity index (χ0n) is 15.1. The predicted molar refractivity (Wildman–Crippen MR) is 102 cm³/mol. The molecule has 2 aromatic carbocycles. The monoisotopic (exact) mass is 339 g/mol. The average Bonchev–Trinajstić information content (AvgIpc) is 2.63. The highest BCUT2D eigenvalue weighted by molar-refractivity contribution is 5.89. The topological polar surface area (TPSA) is 44.8 Å². The molecule has 3 rings (SSSR count). The Morgan fingerprint density at radius 3 is 2.24 bits per heavy atom. The van der Waals surface area contributed by atoms with Crippen LogP contribution in [0.25, 0.3) is 0 Å². The maximum atomic E-state index is 12.4. The Kier molecular flexibility index (Phi) is 5.12. The maximum absolute atomic E-state index is 12.4. The van der Waals surface area contributed by atoms with E-state index in [1.54, 1.807) is 7.11 Å². The summed E-state index contributed by atoms with van der Waals surface area (Å²) in [5.41, 5.74) is 4.31. The van der Waals surface area contributed by atoms with Crippen molar-refractivity contribution in [2.24, 2.45) is 0 Å². The van der Waals surface area contributed by atoms with Gasteiger partial charge in [-0.25, -0.2) is 4.79 Å². The first-order chi connectivity index (χ1) is 12.1. The summed E-state index contributed by atoms with van der Waals surface area (Å²) in [6.07, 6.45) is 0. The van der Waals surface area contributed by atoms with Gasteiger partial charge >= 0.3 is 6.03 Å². The van der Waals surface area contributed by atoms with Gasteiger partial charge in [-0.2, -0.15) is 0 Å². The minimum Gasteiger partial charge on any atom is -0.495 e. The third-order valence-electron chi connectivity index (χ3n) is 4.54. The summed E-state index contributed by atoms with van der Waals surface area (Å²) < 4.78 is 5.48. The number of piperazine rings is 1. The molecule has 132 valence electrons. The zero-order chi connectivity index (χ0) is 17.8. The molecule has 2 amide bonds. The Bertz CT molecular complexity index is 735.